The minimum atomic E-state index is -4.40. The van der Waals surface area contributed by atoms with Crippen molar-refractivity contribution in [2.75, 3.05) is 39.3 Å². The van der Waals surface area contributed by atoms with Gasteiger partial charge in [0.1, 0.15) is 12.4 Å². The molecule has 2 N–H and O–H groups in total. The zero-order valence-corrected chi connectivity index (χ0v) is 13.5. The third-order valence-electron chi connectivity index (χ3n) is 3.84. The predicted molar refractivity (Wildman–Crippen MR) is 83.9 cm³/mol. The molecule has 8 heteroatoms. The van der Waals surface area contributed by atoms with Crippen LogP contribution in [0.3, 0.4) is 0 Å². The summed E-state index contributed by atoms with van der Waals surface area (Å²) < 4.78 is 43.0. The highest BCUT2D eigenvalue weighted by Gasteiger charge is 2.30. The van der Waals surface area contributed by atoms with Crippen LogP contribution in [-0.4, -0.2) is 56.2 Å². The van der Waals surface area contributed by atoms with Crippen LogP contribution in [0.1, 0.15) is 12.5 Å². The van der Waals surface area contributed by atoms with Crippen molar-refractivity contribution in [1.82, 2.24) is 15.5 Å². The van der Waals surface area contributed by atoms with E-state index in [1.165, 1.54) is 12.1 Å². The molecule has 1 aromatic carbocycles. The number of alkyl halides is 3. The van der Waals surface area contributed by atoms with Crippen LogP contribution >= 0.6 is 0 Å². The third-order valence-corrected chi connectivity index (χ3v) is 3.84. The highest BCUT2D eigenvalue weighted by Crippen LogP contribution is 2.31. The molecule has 1 aromatic rings. The van der Waals surface area contributed by atoms with Gasteiger partial charge in [0.15, 0.2) is 0 Å². The van der Waals surface area contributed by atoms with Gasteiger partial charge in [-0.3, -0.25) is 9.69 Å². The fraction of sp³-hybridized carbons (Fsp3) is 0.562. The molecule has 0 radical (unpaired) electrons. The van der Waals surface area contributed by atoms with Gasteiger partial charge < -0.3 is 15.4 Å². The minimum Gasteiger partial charge on any atom is -0.492 e. The molecule has 24 heavy (non-hydrogen) atoms. The Kier molecular flexibility index (Phi) is 6.44. The van der Waals surface area contributed by atoms with Gasteiger partial charge in [-0.1, -0.05) is 6.07 Å². The number of ether oxygens (including phenoxy) is 1. The zero-order valence-electron chi connectivity index (χ0n) is 13.5. The average molecular weight is 345 g/mol. The van der Waals surface area contributed by atoms with Gasteiger partial charge in [0, 0.05) is 25.7 Å². The number of nitrogens with one attached hydrogen (secondary N) is 2. The molecule has 1 aliphatic heterocycles. The maximum atomic E-state index is 12.6. The van der Waals surface area contributed by atoms with Crippen LogP contribution in [0.2, 0.25) is 0 Å². The number of hydrogen-bond acceptors (Lipinski definition) is 4. The molecule has 0 aromatic heterocycles. The van der Waals surface area contributed by atoms with Crippen LogP contribution < -0.4 is 15.4 Å². The summed E-state index contributed by atoms with van der Waals surface area (Å²) >= 11 is 0. The first-order chi connectivity index (χ1) is 11.4. The normalized spacial score (nSPS) is 19.1. The molecular weight excluding hydrogens is 323 g/mol. The number of carbonyl (C=O) groups is 1. The highest BCUT2D eigenvalue weighted by atomic mass is 19.4. The lowest BCUT2D eigenvalue weighted by atomic mass is 10.2. The molecule has 1 atom stereocenters. The van der Waals surface area contributed by atoms with Crippen LogP contribution in [0.5, 0.6) is 5.75 Å². The van der Waals surface area contributed by atoms with Crippen molar-refractivity contribution in [3.63, 3.8) is 0 Å². The van der Waals surface area contributed by atoms with Gasteiger partial charge in [0.25, 0.3) is 0 Å². The Morgan fingerprint density at radius 1 is 1.46 bits per heavy atom. The number of benzene rings is 1. The van der Waals surface area contributed by atoms with E-state index in [9.17, 15) is 18.0 Å². The van der Waals surface area contributed by atoms with Crippen LogP contribution in [0.4, 0.5) is 13.2 Å². The lowest BCUT2D eigenvalue weighted by Gasteiger charge is -2.33. The second-order valence-corrected chi connectivity index (χ2v) is 5.75. The summed E-state index contributed by atoms with van der Waals surface area (Å²) in [4.78, 5) is 14.0. The van der Waals surface area contributed by atoms with Crippen molar-refractivity contribution in [2.45, 2.75) is 19.1 Å². The Bertz CT molecular complexity index is 552. The van der Waals surface area contributed by atoms with Gasteiger partial charge in [-0.2, -0.15) is 13.2 Å². The molecule has 5 nitrogen and oxygen atoms in total. The standard InChI is InChI=1S/C16H22F3N3O2/c1-12-10-20-5-7-22(12)11-15(23)21-6-8-24-14-4-2-3-13(9-14)16(17,18)19/h2-4,9,12,20H,5-8,10-11H2,1H3,(H,21,23)/t12-/m0/s1. The Morgan fingerprint density at radius 2 is 2.25 bits per heavy atom. The number of hydrogen-bond donors (Lipinski definition) is 2. The summed E-state index contributed by atoms with van der Waals surface area (Å²) in [5.41, 5.74) is -0.753. The largest absolute Gasteiger partial charge is 0.492 e. The summed E-state index contributed by atoms with van der Waals surface area (Å²) in [6, 6.07) is 4.99. The maximum absolute atomic E-state index is 12.6. The second kappa shape index (κ2) is 8.34. The summed E-state index contributed by atoms with van der Waals surface area (Å²) in [6.45, 7) is 5.25. The number of nitrogens with zero attached hydrogens (tertiary/aromatic N) is 1. The van der Waals surface area contributed by atoms with Crippen LogP contribution in [0, 0.1) is 0 Å². The Hall–Kier alpha value is -1.80. The summed E-state index contributed by atoms with van der Waals surface area (Å²) in [6.07, 6.45) is -4.40. The summed E-state index contributed by atoms with van der Waals surface area (Å²) in [5.74, 6) is 0.0196. The van der Waals surface area contributed by atoms with E-state index in [1.807, 2.05) is 0 Å². The third kappa shape index (κ3) is 5.68. The monoisotopic (exact) mass is 345 g/mol. The molecular formula is C16H22F3N3O2. The maximum Gasteiger partial charge on any atom is 0.416 e. The molecule has 1 amide bonds. The van der Waals surface area contributed by atoms with E-state index in [0.29, 0.717) is 12.6 Å². The van der Waals surface area contributed by atoms with Crippen LogP contribution in [0.25, 0.3) is 0 Å². The lowest BCUT2D eigenvalue weighted by Crippen LogP contribution is -2.52. The van der Waals surface area contributed by atoms with Crippen molar-refractivity contribution in [3.05, 3.63) is 29.8 Å². The molecule has 2 rings (SSSR count). The average Bonchev–Trinajstić information content (AvgIpc) is 2.53. The van der Waals surface area contributed by atoms with Gasteiger partial charge in [-0.15, -0.1) is 0 Å². The van der Waals surface area contributed by atoms with Gasteiger partial charge in [0.05, 0.1) is 18.7 Å². The lowest BCUT2D eigenvalue weighted by molar-refractivity contribution is -0.137. The topological polar surface area (TPSA) is 53.6 Å². The van der Waals surface area contributed by atoms with Gasteiger partial charge in [-0.25, -0.2) is 0 Å². The van der Waals surface area contributed by atoms with Crippen molar-refractivity contribution in [3.8, 4) is 5.75 Å². The Labute approximate surface area is 139 Å². The van der Waals surface area contributed by atoms with Crippen molar-refractivity contribution in [1.29, 1.82) is 0 Å². The van der Waals surface area contributed by atoms with E-state index in [0.717, 1.165) is 31.8 Å². The molecule has 0 bridgehead atoms. The van der Waals surface area contributed by atoms with Crippen molar-refractivity contribution >= 4 is 5.91 Å². The first kappa shape index (κ1) is 18.5. The second-order valence-electron chi connectivity index (χ2n) is 5.75. The van der Waals surface area contributed by atoms with E-state index >= 15 is 0 Å². The van der Waals surface area contributed by atoms with Crippen molar-refractivity contribution < 1.29 is 22.7 Å². The first-order valence-electron chi connectivity index (χ1n) is 7.88. The number of carbonyl (C=O) groups excluding carboxylic acids is 1. The van der Waals surface area contributed by atoms with E-state index in [4.69, 9.17) is 4.74 Å². The minimum absolute atomic E-state index is 0.114. The highest BCUT2D eigenvalue weighted by molar-refractivity contribution is 5.78. The molecule has 0 saturated carbocycles. The van der Waals surface area contributed by atoms with E-state index in [-0.39, 0.29) is 24.8 Å². The molecule has 0 spiro atoms. The van der Waals surface area contributed by atoms with Gasteiger partial charge >= 0.3 is 6.18 Å². The molecule has 0 aliphatic carbocycles. The summed E-state index contributed by atoms with van der Waals surface area (Å²) in [5, 5.41) is 5.97. The molecule has 134 valence electrons. The smallest absolute Gasteiger partial charge is 0.416 e. The van der Waals surface area contributed by atoms with Gasteiger partial charge in [0.2, 0.25) is 5.91 Å². The molecule has 0 unspecified atom stereocenters. The molecule has 1 fully saturated rings. The Morgan fingerprint density at radius 3 is 2.96 bits per heavy atom. The van der Waals surface area contributed by atoms with Crippen LogP contribution in [-0.2, 0) is 11.0 Å². The number of halogens is 3. The number of rotatable bonds is 6. The quantitative estimate of drug-likeness (QED) is 0.767. The molecule has 1 aliphatic rings. The zero-order chi connectivity index (χ0) is 17.6. The summed E-state index contributed by atoms with van der Waals surface area (Å²) in [7, 11) is 0. The Balaban J connectivity index is 1.70. The van der Waals surface area contributed by atoms with E-state index in [1.54, 1.807) is 0 Å². The van der Waals surface area contributed by atoms with Crippen LogP contribution in [0.15, 0.2) is 24.3 Å². The van der Waals surface area contributed by atoms with Crippen molar-refractivity contribution in [2.24, 2.45) is 0 Å². The fourth-order valence-corrected chi connectivity index (χ4v) is 2.48. The number of amides is 1. The van der Waals surface area contributed by atoms with E-state index in [2.05, 4.69) is 22.5 Å². The SMILES string of the molecule is C[C@H]1CNCCN1CC(=O)NCCOc1cccc(C(F)(F)F)c1. The first-order valence-corrected chi connectivity index (χ1v) is 7.88. The van der Waals surface area contributed by atoms with Gasteiger partial charge in [-0.05, 0) is 25.1 Å². The number of piperazine rings is 1. The molecule has 1 heterocycles. The van der Waals surface area contributed by atoms with E-state index < -0.39 is 11.7 Å². The predicted octanol–water partition coefficient (Wildman–Crippen LogP) is 1.49. The fourth-order valence-electron chi connectivity index (χ4n) is 2.48. The molecule has 1 saturated heterocycles.